The maximum atomic E-state index is 12.9. The molecular weight excluding hydrogens is 319 g/mol. The predicted octanol–water partition coefficient (Wildman–Crippen LogP) is 3.80. The maximum absolute atomic E-state index is 12.9. The molecule has 120 valence electrons. The van der Waals surface area contributed by atoms with Crippen molar-refractivity contribution in [2.24, 2.45) is 0 Å². The first kappa shape index (κ1) is 15.3. The number of anilines is 1. The number of nitrogens with one attached hydrogen (secondary N) is 1. The highest BCUT2D eigenvalue weighted by molar-refractivity contribution is 6.30. The molecule has 2 heterocycles. The van der Waals surface area contributed by atoms with Gasteiger partial charge in [0.1, 0.15) is 23.3 Å². The summed E-state index contributed by atoms with van der Waals surface area (Å²) < 4.78 is 40.0. The van der Waals surface area contributed by atoms with Crippen molar-refractivity contribution in [3.63, 3.8) is 0 Å². The molecule has 1 aliphatic rings. The van der Waals surface area contributed by atoms with Crippen LogP contribution < -0.4 is 5.32 Å². The first-order chi connectivity index (χ1) is 10.4. The van der Waals surface area contributed by atoms with Crippen molar-refractivity contribution in [2.45, 2.75) is 50.7 Å². The number of nitrogens with zero attached hydrogens (tertiary/aromatic N) is 4. The van der Waals surface area contributed by atoms with Crippen LogP contribution in [0.3, 0.4) is 0 Å². The van der Waals surface area contributed by atoms with E-state index in [0.29, 0.717) is 5.56 Å². The number of halogens is 4. The minimum Gasteiger partial charge on any atom is -0.358 e. The molecule has 0 saturated heterocycles. The molecule has 0 spiro atoms. The molecule has 9 heteroatoms. The molecule has 0 radical (unpaired) electrons. The summed E-state index contributed by atoms with van der Waals surface area (Å²) in [6, 6.07) is -1.72. The van der Waals surface area contributed by atoms with Crippen LogP contribution in [0.4, 0.5) is 19.0 Å². The summed E-state index contributed by atoms with van der Waals surface area (Å²) >= 11 is 6.23. The second kappa shape index (κ2) is 5.57. The van der Waals surface area contributed by atoms with Crippen molar-refractivity contribution in [2.75, 3.05) is 5.32 Å². The zero-order valence-corrected chi connectivity index (χ0v) is 12.6. The molecule has 2 aromatic rings. The average molecular weight is 334 g/mol. The van der Waals surface area contributed by atoms with Crippen LogP contribution in [-0.4, -0.2) is 31.8 Å². The van der Waals surface area contributed by atoms with E-state index < -0.39 is 12.2 Å². The van der Waals surface area contributed by atoms with E-state index in [1.807, 2.05) is 0 Å². The van der Waals surface area contributed by atoms with Crippen LogP contribution in [-0.2, 0) is 0 Å². The van der Waals surface area contributed by atoms with Crippen molar-refractivity contribution in [1.82, 2.24) is 19.6 Å². The van der Waals surface area contributed by atoms with Gasteiger partial charge in [-0.15, -0.1) is 0 Å². The molecule has 5 nitrogen and oxygen atoms in total. The second-order valence-corrected chi connectivity index (χ2v) is 5.88. The molecule has 22 heavy (non-hydrogen) atoms. The smallest absolute Gasteiger partial charge is 0.358 e. The molecule has 3 rings (SSSR count). The van der Waals surface area contributed by atoms with Crippen molar-refractivity contribution >= 4 is 23.2 Å². The molecule has 1 saturated carbocycles. The minimum absolute atomic E-state index is 0.0940. The van der Waals surface area contributed by atoms with Gasteiger partial charge in [0.05, 0.1) is 0 Å². The van der Waals surface area contributed by atoms with Gasteiger partial charge in [0.15, 0.2) is 0 Å². The van der Waals surface area contributed by atoms with Gasteiger partial charge in [-0.25, -0.2) is 0 Å². The highest BCUT2D eigenvalue weighted by Gasteiger charge is 2.38. The van der Waals surface area contributed by atoms with Crippen LogP contribution in [0.1, 0.15) is 44.1 Å². The molecule has 1 atom stereocenters. The fourth-order valence-corrected chi connectivity index (χ4v) is 3.15. The number of aromatic nitrogens is 4. The van der Waals surface area contributed by atoms with Crippen LogP contribution >= 0.6 is 11.6 Å². The Balaban J connectivity index is 2.11. The highest BCUT2D eigenvalue weighted by atomic mass is 35.5. The van der Waals surface area contributed by atoms with Crippen LogP contribution in [0.25, 0.3) is 5.78 Å². The van der Waals surface area contributed by atoms with E-state index in [9.17, 15) is 13.2 Å². The molecule has 0 aliphatic heterocycles. The van der Waals surface area contributed by atoms with Gasteiger partial charge >= 0.3 is 6.18 Å². The van der Waals surface area contributed by atoms with E-state index in [2.05, 4.69) is 20.4 Å². The molecule has 0 aromatic carbocycles. The number of fused-ring (bicyclic) bond motifs is 1. The third kappa shape index (κ3) is 2.71. The number of hydrogen-bond donors (Lipinski definition) is 1. The van der Waals surface area contributed by atoms with E-state index in [1.165, 1.54) is 10.8 Å². The summed E-state index contributed by atoms with van der Waals surface area (Å²) in [5.41, 5.74) is 0.605. The van der Waals surface area contributed by atoms with Gasteiger partial charge in [-0.2, -0.15) is 32.8 Å². The SMILES string of the molecule is C[C@H](Nc1c(C2CCCC2)c(Cl)nc2ncnn12)C(F)(F)F. The lowest BCUT2D eigenvalue weighted by Gasteiger charge is -2.23. The molecule has 0 bridgehead atoms. The minimum atomic E-state index is -4.37. The molecule has 2 aromatic heterocycles. The van der Waals surface area contributed by atoms with Crippen molar-refractivity contribution < 1.29 is 13.2 Å². The molecule has 0 amide bonds. The molecule has 1 fully saturated rings. The molecule has 1 aliphatic carbocycles. The highest BCUT2D eigenvalue weighted by Crippen LogP contribution is 2.41. The summed E-state index contributed by atoms with van der Waals surface area (Å²) in [5, 5.41) is 6.69. The topological polar surface area (TPSA) is 55.1 Å². The summed E-state index contributed by atoms with van der Waals surface area (Å²) in [5.74, 6) is 0.518. The first-order valence-corrected chi connectivity index (χ1v) is 7.48. The van der Waals surface area contributed by atoms with Gasteiger partial charge < -0.3 is 5.32 Å². The zero-order chi connectivity index (χ0) is 15.9. The van der Waals surface area contributed by atoms with Crippen molar-refractivity contribution in [3.05, 3.63) is 17.0 Å². The second-order valence-electron chi connectivity index (χ2n) is 5.53. The Labute approximate surface area is 129 Å². The summed E-state index contributed by atoms with van der Waals surface area (Å²) in [6.45, 7) is 1.07. The van der Waals surface area contributed by atoms with Gasteiger partial charge in [-0.1, -0.05) is 24.4 Å². The number of hydrogen-bond acceptors (Lipinski definition) is 4. The fraction of sp³-hybridized carbons (Fsp3) is 0.615. The number of alkyl halides is 3. The van der Waals surface area contributed by atoms with Crippen LogP contribution in [0.15, 0.2) is 6.33 Å². The van der Waals surface area contributed by atoms with Crippen molar-refractivity contribution in [3.8, 4) is 0 Å². The third-order valence-electron chi connectivity index (χ3n) is 4.02. The number of rotatable bonds is 3. The van der Waals surface area contributed by atoms with Crippen LogP contribution in [0, 0.1) is 0 Å². The summed E-state index contributed by atoms with van der Waals surface area (Å²) in [7, 11) is 0. The van der Waals surface area contributed by atoms with Crippen LogP contribution in [0.5, 0.6) is 0 Å². The Morgan fingerprint density at radius 2 is 2.05 bits per heavy atom. The van der Waals surface area contributed by atoms with E-state index in [0.717, 1.165) is 32.6 Å². The lowest BCUT2D eigenvalue weighted by molar-refractivity contribution is -0.138. The van der Waals surface area contributed by atoms with Gasteiger partial charge in [0.25, 0.3) is 5.78 Å². The first-order valence-electron chi connectivity index (χ1n) is 7.10. The summed E-state index contributed by atoms with van der Waals surface area (Å²) in [4.78, 5) is 8.06. The Morgan fingerprint density at radius 1 is 1.36 bits per heavy atom. The lowest BCUT2D eigenvalue weighted by atomic mass is 9.99. The van der Waals surface area contributed by atoms with Crippen LogP contribution in [0.2, 0.25) is 5.15 Å². The van der Waals surface area contributed by atoms with Gasteiger partial charge in [-0.3, -0.25) is 0 Å². The Morgan fingerprint density at radius 3 is 2.68 bits per heavy atom. The van der Waals surface area contributed by atoms with Gasteiger partial charge in [-0.05, 0) is 25.7 Å². The van der Waals surface area contributed by atoms with Crippen molar-refractivity contribution in [1.29, 1.82) is 0 Å². The quantitative estimate of drug-likeness (QED) is 0.868. The molecular formula is C13H15ClF3N5. The normalized spacial score (nSPS) is 18.0. The van der Waals surface area contributed by atoms with E-state index in [4.69, 9.17) is 11.6 Å². The van der Waals surface area contributed by atoms with Gasteiger partial charge in [0.2, 0.25) is 0 Å². The molecule has 1 N–H and O–H groups in total. The Kier molecular flexibility index (Phi) is 3.88. The summed E-state index contributed by atoms with van der Waals surface area (Å²) in [6.07, 6.45) is 0.721. The lowest BCUT2D eigenvalue weighted by Crippen LogP contribution is -2.34. The monoisotopic (exact) mass is 333 g/mol. The largest absolute Gasteiger partial charge is 0.408 e. The van der Waals surface area contributed by atoms with Gasteiger partial charge in [0, 0.05) is 5.56 Å². The van der Waals surface area contributed by atoms with E-state index in [1.54, 1.807) is 0 Å². The third-order valence-corrected chi connectivity index (χ3v) is 4.31. The standard InChI is InChI=1S/C13H15ClF3N5/c1-7(13(15,16)17)20-11-9(8-4-2-3-5-8)10(14)21-12-18-6-19-22(11)12/h6-8,20H,2-5H2,1H3/t7-/m0/s1. The molecule has 0 unspecified atom stereocenters. The zero-order valence-electron chi connectivity index (χ0n) is 11.9. The fourth-order valence-electron chi connectivity index (χ4n) is 2.83. The Hall–Kier alpha value is -1.57. The maximum Gasteiger partial charge on any atom is 0.408 e. The van der Waals surface area contributed by atoms with E-state index >= 15 is 0 Å². The van der Waals surface area contributed by atoms with E-state index in [-0.39, 0.29) is 22.7 Å². The Bertz CT molecular complexity index is 678. The predicted molar refractivity (Wildman–Crippen MR) is 76.1 cm³/mol. The average Bonchev–Trinajstić information content (AvgIpc) is 3.07.